The number of hydrogen-bond donors (Lipinski definition) is 0. The summed E-state index contributed by atoms with van der Waals surface area (Å²) < 4.78 is 26.5. The fourth-order valence-electron chi connectivity index (χ4n) is 4.03. The largest absolute Gasteiger partial charge is 0.342 e. The van der Waals surface area contributed by atoms with Crippen LogP contribution in [-0.4, -0.2) is 98.6 Å². The highest BCUT2D eigenvalue weighted by atomic mass is 32.2. The van der Waals surface area contributed by atoms with Crippen LogP contribution in [0.4, 0.5) is 0 Å². The van der Waals surface area contributed by atoms with E-state index in [2.05, 4.69) is 4.90 Å². The number of sulfonamides is 1. The van der Waals surface area contributed by atoms with Gasteiger partial charge < -0.3 is 9.80 Å². The second-order valence-corrected chi connectivity index (χ2v) is 10.6. The Balaban J connectivity index is 1.47. The van der Waals surface area contributed by atoms with Gasteiger partial charge in [-0.05, 0) is 31.9 Å². The molecular formula is C22H34N4O4S. The summed E-state index contributed by atoms with van der Waals surface area (Å²) in [6, 6.07) is 6.61. The Hall–Kier alpha value is -1.97. The third-order valence-electron chi connectivity index (χ3n) is 6.13. The predicted molar refractivity (Wildman–Crippen MR) is 119 cm³/mol. The molecule has 0 aliphatic carbocycles. The van der Waals surface area contributed by atoms with Crippen molar-refractivity contribution >= 4 is 21.8 Å². The number of likely N-dealkylation sites (tertiary alicyclic amines) is 1. The average Bonchev–Trinajstić information content (AvgIpc) is 3.04. The van der Waals surface area contributed by atoms with Crippen molar-refractivity contribution in [3.8, 4) is 0 Å². The fraction of sp³-hybridized carbons (Fsp3) is 0.636. The van der Waals surface area contributed by atoms with Crippen LogP contribution in [-0.2, 0) is 19.6 Å². The maximum Gasteiger partial charge on any atom is 0.243 e. The SMILES string of the molecule is Cc1ccc(S(=O)(=O)N(C)CC(=O)N2CCN(CC(=O)N3CCCCCC3)CC2)cc1. The van der Waals surface area contributed by atoms with Crippen molar-refractivity contribution in [2.75, 3.05) is 59.4 Å². The standard InChI is InChI=1S/C22H34N4O4S/c1-19-7-9-20(10-8-19)31(29,30)23(2)17-21(27)26-15-13-24(14-16-26)18-22(28)25-11-5-3-4-6-12-25/h7-10H,3-6,11-18H2,1-2H3. The van der Waals surface area contributed by atoms with Crippen molar-refractivity contribution in [1.29, 1.82) is 0 Å². The van der Waals surface area contributed by atoms with Crippen LogP contribution < -0.4 is 0 Å². The fourth-order valence-corrected chi connectivity index (χ4v) is 5.15. The molecule has 0 radical (unpaired) electrons. The first kappa shape index (κ1) is 23.7. The Morgan fingerprint density at radius 2 is 1.39 bits per heavy atom. The summed E-state index contributed by atoms with van der Waals surface area (Å²) in [5, 5.41) is 0. The van der Waals surface area contributed by atoms with E-state index in [0.29, 0.717) is 32.7 Å². The minimum Gasteiger partial charge on any atom is -0.342 e. The van der Waals surface area contributed by atoms with Gasteiger partial charge in [0.05, 0.1) is 18.0 Å². The van der Waals surface area contributed by atoms with Gasteiger partial charge in [-0.2, -0.15) is 4.31 Å². The van der Waals surface area contributed by atoms with E-state index in [1.807, 2.05) is 11.8 Å². The van der Waals surface area contributed by atoms with E-state index in [9.17, 15) is 18.0 Å². The molecule has 3 rings (SSSR count). The van der Waals surface area contributed by atoms with Crippen molar-refractivity contribution < 1.29 is 18.0 Å². The average molecular weight is 451 g/mol. The topological polar surface area (TPSA) is 81.2 Å². The number of rotatable bonds is 6. The molecule has 2 aliphatic heterocycles. The first-order valence-corrected chi connectivity index (χ1v) is 12.5. The zero-order chi connectivity index (χ0) is 22.4. The summed E-state index contributed by atoms with van der Waals surface area (Å²) in [6.45, 7) is 6.05. The third-order valence-corrected chi connectivity index (χ3v) is 7.95. The highest BCUT2D eigenvalue weighted by Gasteiger charge is 2.28. The first-order valence-electron chi connectivity index (χ1n) is 11.1. The molecule has 9 heteroatoms. The Kier molecular flexibility index (Phi) is 8.07. The molecule has 0 spiro atoms. The number of hydrogen-bond acceptors (Lipinski definition) is 5. The van der Waals surface area contributed by atoms with Gasteiger partial charge >= 0.3 is 0 Å². The van der Waals surface area contributed by atoms with Crippen LogP contribution in [0.1, 0.15) is 31.2 Å². The van der Waals surface area contributed by atoms with Gasteiger partial charge in [-0.1, -0.05) is 30.5 Å². The molecule has 2 fully saturated rings. The highest BCUT2D eigenvalue weighted by molar-refractivity contribution is 7.89. The molecule has 0 bridgehead atoms. The summed E-state index contributed by atoms with van der Waals surface area (Å²) >= 11 is 0. The zero-order valence-electron chi connectivity index (χ0n) is 18.6. The lowest BCUT2D eigenvalue weighted by molar-refractivity contribution is -0.135. The predicted octanol–water partition coefficient (Wildman–Crippen LogP) is 1.16. The molecule has 0 atom stereocenters. The van der Waals surface area contributed by atoms with Gasteiger partial charge in [0.25, 0.3) is 0 Å². The van der Waals surface area contributed by atoms with Crippen LogP contribution in [0.3, 0.4) is 0 Å². The summed E-state index contributed by atoms with van der Waals surface area (Å²) in [4.78, 5) is 31.2. The second-order valence-electron chi connectivity index (χ2n) is 8.53. The van der Waals surface area contributed by atoms with E-state index in [-0.39, 0.29) is 23.3 Å². The highest BCUT2D eigenvalue weighted by Crippen LogP contribution is 2.16. The van der Waals surface area contributed by atoms with Gasteiger partial charge in [0, 0.05) is 46.3 Å². The van der Waals surface area contributed by atoms with E-state index in [1.165, 1.54) is 19.9 Å². The molecule has 8 nitrogen and oxygen atoms in total. The smallest absolute Gasteiger partial charge is 0.243 e. The van der Waals surface area contributed by atoms with E-state index in [0.717, 1.165) is 35.8 Å². The molecule has 0 unspecified atom stereocenters. The minimum atomic E-state index is -3.71. The van der Waals surface area contributed by atoms with Gasteiger partial charge in [0.1, 0.15) is 0 Å². The number of nitrogens with zero attached hydrogens (tertiary/aromatic N) is 4. The number of likely N-dealkylation sites (N-methyl/N-ethyl adjacent to an activating group) is 1. The lowest BCUT2D eigenvalue weighted by atomic mass is 10.2. The van der Waals surface area contributed by atoms with E-state index in [1.54, 1.807) is 29.2 Å². The van der Waals surface area contributed by atoms with Crippen LogP contribution in [0.25, 0.3) is 0 Å². The number of amides is 2. The lowest BCUT2D eigenvalue weighted by Gasteiger charge is -2.36. The molecule has 172 valence electrons. The molecule has 0 aromatic heterocycles. The number of carbonyl (C=O) groups is 2. The van der Waals surface area contributed by atoms with Crippen LogP contribution >= 0.6 is 0 Å². The monoisotopic (exact) mass is 450 g/mol. The van der Waals surface area contributed by atoms with Gasteiger partial charge in [-0.15, -0.1) is 0 Å². The molecule has 31 heavy (non-hydrogen) atoms. The lowest BCUT2D eigenvalue weighted by Crippen LogP contribution is -2.53. The van der Waals surface area contributed by atoms with E-state index < -0.39 is 10.0 Å². The first-order chi connectivity index (χ1) is 14.8. The van der Waals surface area contributed by atoms with Gasteiger partial charge in [0.2, 0.25) is 21.8 Å². The molecule has 2 aliphatic rings. The van der Waals surface area contributed by atoms with Crippen molar-refractivity contribution in [3.63, 3.8) is 0 Å². The van der Waals surface area contributed by atoms with Crippen molar-refractivity contribution in [2.45, 2.75) is 37.5 Å². The van der Waals surface area contributed by atoms with Crippen LogP contribution in [0.2, 0.25) is 0 Å². The number of benzene rings is 1. The molecule has 1 aromatic carbocycles. The van der Waals surface area contributed by atoms with E-state index >= 15 is 0 Å². The van der Waals surface area contributed by atoms with Gasteiger partial charge in [-0.25, -0.2) is 8.42 Å². The van der Waals surface area contributed by atoms with Crippen molar-refractivity contribution in [3.05, 3.63) is 29.8 Å². The molecule has 2 heterocycles. The molecule has 1 aromatic rings. The summed E-state index contributed by atoms with van der Waals surface area (Å²) in [6.07, 6.45) is 4.54. The van der Waals surface area contributed by atoms with E-state index in [4.69, 9.17) is 0 Å². The van der Waals surface area contributed by atoms with Gasteiger partial charge in [0.15, 0.2) is 0 Å². The third kappa shape index (κ3) is 6.27. The van der Waals surface area contributed by atoms with Crippen LogP contribution in [0, 0.1) is 6.92 Å². The molecular weight excluding hydrogens is 416 g/mol. The molecule has 2 saturated heterocycles. The molecule has 0 N–H and O–H groups in total. The Bertz CT molecular complexity index is 856. The zero-order valence-corrected chi connectivity index (χ0v) is 19.4. The number of carbonyl (C=O) groups excluding carboxylic acids is 2. The summed E-state index contributed by atoms with van der Waals surface area (Å²) in [7, 11) is -2.27. The van der Waals surface area contributed by atoms with Gasteiger partial charge in [-0.3, -0.25) is 14.5 Å². The maximum atomic E-state index is 12.7. The minimum absolute atomic E-state index is 0.172. The van der Waals surface area contributed by atoms with Crippen molar-refractivity contribution in [2.24, 2.45) is 0 Å². The normalized spacial score (nSPS) is 18.8. The molecule has 0 saturated carbocycles. The molecule has 2 amide bonds. The maximum absolute atomic E-state index is 12.7. The number of aryl methyl sites for hydroxylation is 1. The van der Waals surface area contributed by atoms with Crippen LogP contribution in [0.5, 0.6) is 0 Å². The second kappa shape index (κ2) is 10.6. The Morgan fingerprint density at radius 3 is 1.97 bits per heavy atom. The quantitative estimate of drug-likeness (QED) is 0.650. The Morgan fingerprint density at radius 1 is 0.839 bits per heavy atom. The Labute approximate surface area is 185 Å². The van der Waals surface area contributed by atoms with Crippen LogP contribution in [0.15, 0.2) is 29.2 Å². The summed E-state index contributed by atoms with van der Waals surface area (Å²) in [5.41, 5.74) is 0.977. The van der Waals surface area contributed by atoms with Crippen molar-refractivity contribution in [1.82, 2.24) is 19.0 Å². The summed E-state index contributed by atoms with van der Waals surface area (Å²) in [5.74, 6) is -0.0396. The number of piperazine rings is 1.